The van der Waals surface area contributed by atoms with Crippen molar-refractivity contribution in [2.24, 2.45) is 0 Å². The molecular weight excluding hydrogens is 290 g/mol. The molecule has 0 aromatic heterocycles. The second-order valence-electron chi connectivity index (χ2n) is 4.09. The zero-order valence-electron chi connectivity index (χ0n) is 11.3. The molecule has 1 unspecified atom stereocenters. The van der Waals surface area contributed by atoms with Crippen LogP contribution >= 0.6 is 0 Å². The van der Waals surface area contributed by atoms with Crippen molar-refractivity contribution in [3.63, 3.8) is 0 Å². The van der Waals surface area contributed by atoms with Crippen LogP contribution in [0.1, 0.15) is 13.3 Å². The van der Waals surface area contributed by atoms with Crippen LogP contribution in [-0.4, -0.2) is 62.6 Å². The third-order valence-electron chi connectivity index (χ3n) is 2.16. The lowest BCUT2D eigenvalue weighted by atomic mass is 10.2. The van der Waals surface area contributed by atoms with Gasteiger partial charge in [0, 0.05) is 12.8 Å². The number of carbonyl (C=O) groups is 3. The van der Waals surface area contributed by atoms with Crippen LogP contribution in [0, 0.1) is 0 Å². The van der Waals surface area contributed by atoms with E-state index in [9.17, 15) is 22.8 Å². The topological polar surface area (TPSA) is 142 Å². The molecule has 0 saturated heterocycles. The van der Waals surface area contributed by atoms with E-state index in [1.165, 1.54) is 0 Å². The maximum atomic E-state index is 11.4. The van der Waals surface area contributed by atoms with Gasteiger partial charge >= 0.3 is 12.0 Å². The number of carboxylic acids is 1. The number of carbonyl (C=O) groups excluding carboxylic acids is 2. The molecule has 116 valence electrons. The van der Waals surface area contributed by atoms with Gasteiger partial charge < -0.3 is 21.1 Å². The van der Waals surface area contributed by atoms with Crippen molar-refractivity contribution < 1.29 is 27.9 Å². The first-order valence-corrected chi connectivity index (χ1v) is 7.93. The largest absolute Gasteiger partial charge is 0.480 e. The molecule has 3 amide bonds. The average molecular weight is 309 g/mol. The van der Waals surface area contributed by atoms with Crippen LogP contribution in [0.4, 0.5) is 4.79 Å². The van der Waals surface area contributed by atoms with E-state index in [0.29, 0.717) is 6.54 Å². The molecule has 0 rings (SSSR count). The Labute approximate surface area is 117 Å². The third-order valence-corrected chi connectivity index (χ3v) is 3.14. The quantitative estimate of drug-likeness (QED) is 0.421. The van der Waals surface area contributed by atoms with Gasteiger partial charge in [0.1, 0.15) is 15.9 Å². The Balaban J connectivity index is 4.28. The molecule has 0 aliphatic rings. The van der Waals surface area contributed by atoms with Crippen LogP contribution < -0.4 is 16.0 Å². The molecule has 0 aromatic carbocycles. The van der Waals surface area contributed by atoms with E-state index in [2.05, 4.69) is 16.0 Å². The summed E-state index contributed by atoms with van der Waals surface area (Å²) < 4.78 is 21.9. The van der Waals surface area contributed by atoms with Gasteiger partial charge in [0.2, 0.25) is 5.91 Å². The molecule has 1 atom stereocenters. The predicted molar refractivity (Wildman–Crippen MR) is 71.0 cm³/mol. The van der Waals surface area contributed by atoms with Crippen LogP contribution in [-0.2, 0) is 19.4 Å². The van der Waals surface area contributed by atoms with Crippen LogP contribution in [0.5, 0.6) is 0 Å². The van der Waals surface area contributed by atoms with Crippen LogP contribution in [0.15, 0.2) is 0 Å². The summed E-state index contributed by atoms with van der Waals surface area (Å²) in [6, 6.07) is -2.18. The van der Waals surface area contributed by atoms with E-state index < -0.39 is 33.8 Å². The zero-order valence-corrected chi connectivity index (χ0v) is 12.1. The fraction of sp³-hybridized carbons (Fsp3) is 0.700. The molecule has 4 N–H and O–H groups in total. The first-order valence-electron chi connectivity index (χ1n) is 5.87. The van der Waals surface area contributed by atoms with Gasteiger partial charge in [-0.2, -0.15) is 0 Å². The van der Waals surface area contributed by atoms with Gasteiger partial charge in [0.25, 0.3) is 0 Å². The standard InChI is InChI=1S/C10H19N3O6S/c1-3-11-8(14)6-12-10(17)13-7(9(15)16)4-5-20(2,18)19/h7H,3-6H2,1-2H3,(H,11,14)(H,15,16)(H2,12,13,17). The maximum Gasteiger partial charge on any atom is 0.326 e. The fourth-order valence-electron chi connectivity index (χ4n) is 1.22. The second-order valence-corrected chi connectivity index (χ2v) is 6.35. The molecule has 9 nitrogen and oxygen atoms in total. The number of nitrogens with one attached hydrogen (secondary N) is 3. The number of aliphatic carboxylic acids is 1. The van der Waals surface area contributed by atoms with Gasteiger partial charge in [0.05, 0.1) is 12.3 Å². The van der Waals surface area contributed by atoms with Crippen molar-refractivity contribution in [2.45, 2.75) is 19.4 Å². The molecule has 10 heteroatoms. The first-order chi connectivity index (χ1) is 9.15. The Hall–Kier alpha value is -1.84. The lowest BCUT2D eigenvalue weighted by Gasteiger charge is -2.14. The number of amides is 3. The number of hydrogen-bond acceptors (Lipinski definition) is 5. The molecule has 0 aromatic rings. The number of likely N-dealkylation sites (N-methyl/N-ethyl adjacent to an activating group) is 1. The van der Waals surface area contributed by atoms with Crippen molar-refractivity contribution in [2.75, 3.05) is 25.1 Å². The summed E-state index contributed by atoms with van der Waals surface area (Å²) >= 11 is 0. The van der Waals surface area contributed by atoms with E-state index in [1.54, 1.807) is 6.92 Å². The van der Waals surface area contributed by atoms with E-state index in [0.717, 1.165) is 6.26 Å². The SMILES string of the molecule is CCNC(=O)CNC(=O)NC(CCS(C)(=O)=O)C(=O)O. The van der Waals surface area contributed by atoms with Crippen molar-refractivity contribution in [1.29, 1.82) is 0 Å². The molecule has 0 radical (unpaired) electrons. The highest BCUT2D eigenvalue weighted by molar-refractivity contribution is 7.90. The van der Waals surface area contributed by atoms with E-state index >= 15 is 0 Å². The number of sulfone groups is 1. The fourth-order valence-corrected chi connectivity index (χ4v) is 1.88. The minimum atomic E-state index is -3.32. The van der Waals surface area contributed by atoms with Crippen LogP contribution in [0.25, 0.3) is 0 Å². The molecule has 0 saturated carbocycles. The Kier molecular flexibility index (Phi) is 7.59. The smallest absolute Gasteiger partial charge is 0.326 e. The normalized spacial score (nSPS) is 12.3. The average Bonchev–Trinajstić information content (AvgIpc) is 2.30. The number of rotatable bonds is 8. The van der Waals surface area contributed by atoms with Crippen LogP contribution in [0.3, 0.4) is 0 Å². The monoisotopic (exact) mass is 309 g/mol. The molecule has 0 fully saturated rings. The molecular formula is C10H19N3O6S. The van der Waals surface area contributed by atoms with E-state index in [-0.39, 0.29) is 18.7 Å². The van der Waals surface area contributed by atoms with Gasteiger partial charge in [-0.3, -0.25) is 4.79 Å². The Morgan fingerprint density at radius 2 is 1.80 bits per heavy atom. The number of carboxylic acid groups (broad SMARTS) is 1. The summed E-state index contributed by atoms with van der Waals surface area (Å²) in [7, 11) is -3.32. The highest BCUT2D eigenvalue weighted by atomic mass is 32.2. The van der Waals surface area contributed by atoms with Gasteiger partial charge in [-0.25, -0.2) is 18.0 Å². The summed E-state index contributed by atoms with van der Waals surface area (Å²) in [6.07, 6.45) is 0.726. The summed E-state index contributed by atoms with van der Waals surface area (Å²) in [5.41, 5.74) is 0. The molecule has 0 spiro atoms. The summed E-state index contributed by atoms with van der Waals surface area (Å²) in [5, 5.41) is 15.6. The number of urea groups is 1. The highest BCUT2D eigenvalue weighted by Crippen LogP contribution is 1.97. The van der Waals surface area contributed by atoms with Crippen molar-refractivity contribution in [3.05, 3.63) is 0 Å². The number of hydrogen-bond donors (Lipinski definition) is 4. The maximum absolute atomic E-state index is 11.4. The third kappa shape index (κ3) is 9.14. The van der Waals surface area contributed by atoms with Gasteiger partial charge in [-0.15, -0.1) is 0 Å². The minimum absolute atomic E-state index is 0.247. The molecule has 0 bridgehead atoms. The van der Waals surface area contributed by atoms with Gasteiger partial charge in [0.15, 0.2) is 0 Å². The molecule has 0 aliphatic carbocycles. The summed E-state index contributed by atoms with van der Waals surface area (Å²) in [6.45, 7) is 1.83. The summed E-state index contributed by atoms with van der Waals surface area (Å²) in [4.78, 5) is 33.3. The summed E-state index contributed by atoms with van der Waals surface area (Å²) in [5.74, 6) is -2.12. The van der Waals surface area contributed by atoms with E-state index in [1.807, 2.05) is 0 Å². The van der Waals surface area contributed by atoms with Crippen LogP contribution in [0.2, 0.25) is 0 Å². The predicted octanol–water partition coefficient (Wildman–Crippen LogP) is -1.69. The van der Waals surface area contributed by atoms with Crippen molar-refractivity contribution in [1.82, 2.24) is 16.0 Å². The second kappa shape index (κ2) is 8.35. The van der Waals surface area contributed by atoms with E-state index in [4.69, 9.17) is 5.11 Å². The Bertz CT molecular complexity index is 462. The molecule has 0 heterocycles. The first kappa shape index (κ1) is 18.2. The highest BCUT2D eigenvalue weighted by Gasteiger charge is 2.21. The van der Waals surface area contributed by atoms with Gasteiger partial charge in [-0.1, -0.05) is 0 Å². The van der Waals surface area contributed by atoms with Crippen molar-refractivity contribution >= 4 is 27.7 Å². The lowest BCUT2D eigenvalue weighted by Crippen LogP contribution is -2.48. The Morgan fingerprint density at radius 1 is 1.20 bits per heavy atom. The van der Waals surface area contributed by atoms with Crippen molar-refractivity contribution in [3.8, 4) is 0 Å². The van der Waals surface area contributed by atoms with Gasteiger partial charge in [-0.05, 0) is 13.3 Å². The zero-order chi connectivity index (χ0) is 15.8. The Morgan fingerprint density at radius 3 is 2.25 bits per heavy atom. The lowest BCUT2D eigenvalue weighted by molar-refractivity contribution is -0.139. The minimum Gasteiger partial charge on any atom is -0.480 e. The molecule has 0 aliphatic heterocycles. The molecule has 20 heavy (non-hydrogen) atoms.